The standard InChI is InChI=1S/C22H23FN4OS/c1-29-22-26-19(14-7-9-17(23)10-8-14)20(27-22)16-11-12-24-18(13-16)25-21(28)15-5-3-2-4-6-15/h7-13,15H,2-6H2,1H3,(H,26,27)(H,24,25,28). The monoisotopic (exact) mass is 410 g/mol. The highest BCUT2D eigenvalue weighted by atomic mass is 32.2. The number of nitrogens with zero attached hydrogens (tertiary/aromatic N) is 2. The summed E-state index contributed by atoms with van der Waals surface area (Å²) in [5, 5.41) is 3.73. The summed E-state index contributed by atoms with van der Waals surface area (Å²) in [7, 11) is 0. The van der Waals surface area contributed by atoms with Crippen LogP contribution in [0, 0.1) is 11.7 Å². The van der Waals surface area contributed by atoms with Crippen molar-refractivity contribution in [1.82, 2.24) is 15.0 Å². The molecule has 5 nitrogen and oxygen atoms in total. The van der Waals surface area contributed by atoms with E-state index in [1.807, 2.05) is 18.4 Å². The second kappa shape index (κ2) is 8.78. The number of aromatic amines is 1. The molecule has 2 heterocycles. The van der Waals surface area contributed by atoms with Crippen LogP contribution in [0.4, 0.5) is 10.2 Å². The van der Waals surface area contributed by atoms with Gasteiger partial charge in [-0.2, -0.15) is 0 Å². The molecule has 2 aromatic heterocycles. The molecular weight excluding hydrogens is 387 g/mol. The van der Waals surface area contributed by atoms with E-state index in [-0.39, 0.29) is 17.6 Å². The highest BCUT2D eigenvalue weighted by Gasteiger charge is 2.22. The van der Waals surface area contributed by atoms with Crippen LogP contribution in [-0.4, -0.2) is 27.1 Å². The van der Waals surface area contributed by atoms with Crippen LogP contribution >= 0.6 is 11.8 Å². The van der Waals surface area contributed by atoms with Gasteiger partial charge in [0, 0.05) is 23.2 Å². The summed E-state index contributed by atoms with van der Waals surface area (Å²) in [6.45, 7) is 0. The van der Waals surface area contributed by atoms with Crippen molar-refractivity contribution in [2.45, 2.75) is 37.3 Å². The quantitative estimate of drug-likeness (QED) is 0.544. The van der Waals surface area contributed by atoms with Gasteiger partial charge in [-0.05, 0) is 55.5 Å². The van der Waals surface area contributed by atoms with E-state index in [9.17, 15) is 9.18 Å². The molecule has 0 radical (unpaired) electrons. The molecule has 1 aromatic carbocycles. The van der Waals surface area contributed by atoms with Gasteiger partial charge in [-0.15, -0.1) is 0 Å². The molecule has 1 aliphatic carbocycles. The Morgan fingerprint density at radius 3 is 2.62 bits per heavy atom. The lowest BCUT2D eigenvalue weighted by molar-refractivity contribution is -0.120. The zero-order valence-corrected chi connectivity index (χ0v) is 17.1. The fourth-order valence-corrected chi connectivity index (χ4v) is 4.11. The van der Waals surface area contributed by atoms with Crippen molar-refractivity contribution < 1.29 is 9.18 Å². The van der Waals surface area contributed by atoms with Crippen molar-refractivity contribution in [3.8, 4) is 22.5 Å². The first-order valence-corrected chi connectivity index (χ1v) is 11.0. The number of benzene rings is 1. The maximum atomic E-state index is 13.3. The molecule has 2 N–H and O–H groups in total. The smallest absolute Gasteiger partial charge is 0.228 e. The van der Waals surface area contributed by atoms with Gasteiger partial charge < -0.3 is 10.3 Å². The number of imidazole rings is 1. The third kappa shape index (κ3) is 4.50. The van der Waals surface area contributed by atoms with Gasteiger partial charge in [0.2, 0.25) is 5.91 Å². The summed E-state index contributed by atoms with van der Waals surface area (Å²) in [6.07, 6.45) is 8.93. The molecule has 0 aliphatic heterocycles. The number of carbonyl (C=O) groups excluding carboxylic acids is 1. The van der Waals surface area contributed by atoms with Gasteiger partial charge in [-0.3, -0.25) is 4.79 Å². The minimum Gasteiger partial charge on any atom is -0.332 e. The molecule has 0 saturated heterocycles. The molecule has 0 unspecified atom stereocenters. The number of halogens is 1. The van der Waals surface area contributed by atoms with Gasteiger partial charge in [-0.25, -0.2) is 14.4 Å². The first kappa shape index (κ1) is 19.6. The SMILES string of the molecule is CSc1nc(-c2ccnc(NC(=O)C3CCCCC3)c2)c(-c2ccc(F)cc2)[nH]1. The summed E-state index contributed by atoms with van der Waals surface area (Å²) in [5.74, 6) is 0.353. The predicted molar refractivity (Wildman–Crippen MR) is 114 cm³/mol. The van der Waals surface area contributed by atoms with E-state index in [2.05, 4.69) is 20.3 Å². The summed E-state index contributed by atoms with van der Waals surface area (Å²) in [4.78, 5) is 24.9. The van der Waals surface area contributed by atoms with Gasteiger partial charge in [0.25, 0.3) is 0 Å². The van der Waals surface area contributed by atoms with E-state index in [0.717, 1.165) is 53.4 Å². The predicted octanol–water partition coefficient (Wildman–Crippen LogP) is 5.52. The summed E-state index contributed by atoms with van der Waals surface area (Å²) in [5.41, 5.74) is 3.25. The van der Waals surface area contributed by atoms with Crippen LogP contribution in [0.2, 0.25) is 0 Å². The lowest BCUT2D eigenvalue weighted by Crippen LogP contribution is -2.25. The zero-order chi connectivity index (χ0) is 20.2. The molecule has 4 rings (SSSR count). The number of H-pyrrole nitrogens is 1. The third-order valence-electron chi connectivity index (χ3n) is 5.27. The van der Waals surface area contributed by atoms with Crippen molar-refractivity contribution in [3.63, 3.8) is 0 Å². The van der Waals surface area contributed by atoms with E-state index in [4.69, 9.17) is 0 Å². The Morgan fingerprint density at radius 2 is 1.90 bits per heavy atom. The van der Waals surface area contributed by atoms with Gasteiger partial charge in [0.05, 0.1) is 11.4 Å². The molecule has 1 saturated carbocycles. The summed E-state index contributed by atoms with van der Waals surface area (Å²) < 4.78 is 13.3. The molecular formula is C22H23FN4OS. The molecule has 7 heteroatoms. The van der Waals surface area contributed by atoms with Crippen LogP contribution in [-0.2, 0) is 4.79 Å². The van der Waals surface area contributed by atoms with Crippen molar-refractivity contribution in [3.05, 3.63) is 48.4 Å². The summed E-state index contributed by atoms with van der Waals surface area (Å²) >= 11 is 1.50. The van der Waals surface area contributed by atoms with E-state index in [1.165, 1.54) is 30.3 Å². The third-order valence-corrected chi connectivity index (χ3v) is 5.85. The Bertz CT molecular complexity index is 996. The van der Waals surface area contributed by atoms with Crippen LogP contribution in [0.3, 0.4) is 0 Å². The van der Waals surface area contributed by atoms with Gasteiger partial charge >= 0.3 is 0 Å². The van der Waals surface area contributed by atoms with Gasteiger partial charge in [-0.1, -0.05) is 31.0 Å². The van der Waals surface area contributed by atoms with Crippen LogP contribution in [0.1, 0.15) is 32.1 Å². The molecule has 0 spiro atoms. The fourth-order valence-electron chi connectivity index (χ4n) is 3.72. The number of nitrogens with one attached hydrogen (secondary N) is 2. The number of aromatic nitrogens is 3. The number of thioether (sulfide) groups is 1. The van der Waals surface area contributed by atoms with Gasteiger partial charge in [0.1, 0.15) is 11.6 Å². The Morgan fingerprint density at radius 1 is 1.14 bits per heavy atom. The first-order chi connectivity index (χ1) is 14.1. The molecule has 0 bridgehead atoms. The molecule has 3 aromatic rings. The molecule has 0 atom stereocenters. The van der Waals surface area contributed by atoms with Crippen LogP contribution in [0.5, 0.6) is 0 Å². The molecule has 1 fully saturated rings. The fraction of sp³-hybridized carbons (Fsp3) is 0.318. The zero-order valence-electron chi connectivity index (χ0n) is 16.2. The topological polar surface area (TPSA) is 70.7 Å². The van der Waals surface area contributed by atoms with Crippen molar-refractivity contribution in [2.75, 3.05) is 11.6 Å². The minimum atomic E-state index is -0.281. The number of amides is 1. The van der Waals surface area contributed by atoms with Crippen LogP contribution in [0.15, 0.2) is 47.8 Å². The Kier molecular flexibility index (Phi) is 5.94. The maximum absolute atomic E-state index is 13.3. The van der Waals surface area contributed by atoms with E-state index in [1.54, 1.807) is 18.3 Å². The number of carbonyl (C=O) groups is 1. The molecule has 1 aliphatic rings. The lowest BCUT2D eigenvalue weighted by atomic mass is 9.89. The number of hydrogen-bond donors (Lipinski definition) is 2. The number of rotatable bonds is 5. The van der Waals surface area contributed by atoms with Crippen LogP contribution < -0.4 is 5.32 Å². The second-order valence-corrected chi connectivity index (χ2v) is 8.03. The number of hydrogen-bond acceptors (Lipinski definition) is 4. The second-order valence-electron chi connectivity index (χ2n) is 7.23. The lowest BCUT2D eigenvalue weighted by Gasteiger charge is -2.20. The largest absolute Gasteiger partial charge is 0.332 e. The van der Waals surface area contributed by atoms with Crippen LogP contribution in [0.25, 0.3) is 22.5 Å². The van der Waals surface area contributed by atoms with E-state index in [0.29, 0.717) is 5.82 Å². The van der Waals surface area contributed by atoms with E-state index < -0.39 is 0 Å². The highest BCUT2D eigenvalue weighted by Crippen LogP contribution is 2.33. The highest BCUT2D eigenvalue weighted by molar-refractivity contribution is 7.98. The number of pyridine rings is 1. The Labute approximate surface area is 173 Å². The van der Waals surface area contributed by atoms with Gasteiger partial charge in [0.15, 0.2) is 5.16 Å². The average molecular weight is 411 g/mol. The maximum Gasteiger partial charge on any atom is 0.228 e. The summed E-state index contributed by atoms with van der Waals surface area (Å²) in [6, 6.07) is 10.0. The molecule has 150 valence electrons. The molecule has 1 amide bonds. The Hall–Kier alpha value is -2.67. The van der Waals surface area contributed by atoms with Crippen molar-refractivity contribution >= 4 is 23.5 Å². The van der Waals surface area contributed by atoms with E-state index >= 15 is 0 Å². The van der Waals surface area contributed by atoms with Crippen molar-refractivity contribution in [1.29, 1.82) is 0 Å². The van der Waals surface area contributed by atoms with Crippen molar-refractivity contribution in [2.24, 2.45) is 5.92 Å². The number of anilines is 1. The average Bonchev–Trinajstić information content (AvgIpc) is 3.20. The first-order valence-electron chi connectivity index (χ1n) is 9.81. The normalized spacial score (nSPS) is 14.7. The molecule has 29 heavy (non-hydrogen) atoms. The Balaban J connectivity index is 1.63. The minimum absolute atomic E-state index is 0.0416.